The number of alkyl carbamates (subject to hydrolysis) is 1. The van der Waals surface area contributed by atoms with Crippen molar-refractivity contribution in [2.75, 3.05) is 20.1 Å². The number of rotatable bonds is 2. The Morgan fingerprint density at radius 3 is 3.00 bits per heavy atom. The minimum absolute atomic E-state index is 0.341. The summed E-state index contributed by atoms with van der Waals surface area (Å²) in [7, 11) is 1.95. The molecule has 1 amide bonds. The summed E-state index contributed by atoms with van der Waals surface area (Å²) in [6.45, 7) is 3.46. The third-order valence-corrected chi connectivity index (χ3v) is 2.09. The average Bonchev–Trinajstić information content (AvgIpc) is 2.09. The smallest absolute Gasteiger partial charge is 0.409 e. The van der Waals surface area contributed by atoms with Crippen LogP contribution >= 0.6 is 0 Å². The zero-order valence-electron chi connectivity index (χ0n) is 8.30. The SMILES string of the molecule is CCNC(=O)O[C]1CCCCN1C. The molecule has 4 heteroatoms. The second kappa shape index (κ2) is 5.07. The molecular formula is C9H17N2O2. The molecule has 0 spiro atoms. The zero-order valence-corrected chi connectivity index (χ0v) is 8.30. The minimum Gasteiger partial charge on any atom is -0.422 e. The van der Waals surface area contributed by atoms with Gasteiger partial charge in [0.25, 0.3) is 0 Å². The van der Waals surface area contributed by atoms with Gasteiger partial charge in [0.2, 0.25) is 6.23 Å². The molecule has 0 aromatic rings. The van der Waals surface area contributed by atoms with E-state index in [1.807, 2.05) is 18.9 Å². The first kappa shape index (κ1) is 10.3. The molecule has 0 saturated carbocycles. The van der Waals surface area contributed by atoms with E-state index in [9.17, 15) is 4.79 Å². The Balaban J connectivity index is 2.29. The van der Waals surface area contributed by atoms with Gasteiger partial charge >= 0.3 is 6.09 Å². The number of nitrogens with one attached hydrogen (secondary N) is 1. The highest BCUT2D eigenvalue weighted by Gasteiger charge is 2.23. The molecule has 1 N–H and O–H groups in total. The predicted octanol–water partition coefficient (Wildman–Crippen LogP) is 1.34. The molecule has 0 aromatic carbocycles. The Hall–Kier alpha value is -0.770. The maximum absolute atomic E-state index is 11.1. The summed E-state index contributed by atoms with van der Waals surface area (Å²) < 4.78 is 5.14. The van der Waals surface area contributed by atoms with Crippen LogP contribution in [-0.2, 0) is 4.74 Å². The first-order chi connectivity index (χ1) is 6.24. The summed E-state index contributed by atoms with van der Waals surface area (Å²) in [6, 6.07) is 0. The molecule has 75 valence electrons. The van der Waals surface area contributed by atoms with Crippen LogP contribution in [0.25, 0.3) is 0 Å². The molecule has 0 atom stereocenters. The van der Waals surface area contributed by atoms with Crippen molar-refractivity contribution in [3.05, 3.63) is 6.23 Å². The van der Waals surface area contributed by atoms with Crippen molar-refractivity contribution in [2.45, 2.75) is 26.2 Å². The van der Waals surface area contributed by atoms with Crippen molar-refractivity contribution >= 4 is 6.09 Å². The lowest BCUT2D eigenvalue weighted by Crippen LogP contribution is -2.36. The lowest BCUT2D eigenvalue weighted by molar-refractivity contribution is 0.0642. The lowest BCUT2D eigenvalue weighted by atomic mass is 10.1. The Morgan fingerprint density at radius 1 is 1.62 bits per heavy atom. The van der Waals surface area contributed by atoms with Gasteiger partial charge in [0, 0.05) is 19.5 Å². The van der Waals surface area contributed by atoms with E-state index in [2.05, 4.69) is 5.32 Å². The highest BCUT2D eigenvalue weighted by molar-refractivity contribution is 5.67. The van der Waals surface area contributed by atoms with Crippen molar-refractivity contribution in [3.8, 4) is 0 Å². The molecule has 4 nitrogen and oxygen atoms in total. The van der Waals surface area contributed by atoms with Crippen LogP contribution < -0.4 is 5.32 Å². The Bertz CT molecular complexity index is 173. The van der Waals surface area contributed by atoms with Gasteiger partial charge in [-0.1, -0.05) is 0 Å². The second-order valence-corrected chi connectivity index (χ2v) is 3.19. The molecule has 1 fully saturated rings. The summed E-state index contributed by atoms with van der Waals surface area (Å²) in [5.74, 6) is 0. The number of likely N-dealkylation sites (tertiary alicyclic amines) is 1. The number of amides is 1. The van der Waals surface area contributed by atoms with Crippen molar-refractivity contribution in [1.29, 1.82) is 0 Å². The van der Waals surface area contributed by atoms with Gasteiger partial charge in [-0.05, 0) is 26.8 Å². The predicted molar refractivity (Wildman–Crippen MR) is 49.9 cm³/mol. The fraction of sp³-hybridized carbons (Fsp3) is 0.778. The number of piperidine rings is 1. The first-order valence-electron chi connectivity index (χ1n) is 4.76. The third kappa shape index (κ3) is 3.22. The number of ether oxygens (including phenoxy) is 1. The summed E-state index contributed by atoms with van der Waals surface area (Å²) in [6.07, 6.45) is 3.61. The molecule has 1 rings (SSSR count). The van der Waals surface area contributed by atoms with Crippen LogP contribution in [0.4, 0.5) is 4.79 Å². The van der Waals surface area contributed by atoms with Crippen LogP contribution in [0.2, 0.25) is 0 Å². The van der Waals surface area contributed by atoms with Gasteiger partial charge in [-0.2, -0.15) is 0 Å². The monoisotopic (exact) mass is 185 g/mol. The van der Waals surface area contributed by atoms with Crippen LogP contribution in [0.15, 0.2) is 0 Å². The minimum atomic E-state index is -0.341. The molecule has 1 radical (unpaired) electrons. The quantitative estimate of drug-likeness (QED) is 0.705. The van der Waals surface area contributed by atoms with E-state index in [4.69, 9.17) is 4.74 Å². The molecule has 0 aromatic heterocycles. The van der Waals surface area contributed by atoms with Gasteiger partial charge in [-0.25, -0.2) is 4.79 Å². The van der Waals surface area contributed by atoms with E-state index in [1.165, 1.54) is 6.42 Å². The first-order valence-corrected chi connectivity index (χ1v) is 4.76. The van der Waals surface area contributed by atoms with Crippen LogP contribution in [0.3, 0.4) is 0 Å². The molecule has 1 saturated heterocycles. The van der Waals surface area contributed by atoms with E-state index in [0.717, 1.165) is 25.6 Å². The lowest BCUT2D eigenvalue weighted by Gasteiger charge is -2.29. The molecule has 13 heavy (non-hydrogen) atoms. The molecule has 0 unspecified atom stereocenters. The summed E-state index contributed by atoms with van der Waals surface area (Å²) in [5, 5.41) is 2.60. The fourth-order valence-electron chi connectivity index (χ4n) is 1.36. The van der Waals surface area contributed by atoms with E-state index < -0.39 is 0 Å². The van der Waals surface area contributed by atoms with Crippen LogP contribution in [0.1, 0.15) is 26.2 Å². The molecular weight excluding hydrogens is 168 g/mol. The molecule has 0 bridgehead atoms. The Kier molecular flexibility index (Phi) is 4.02. The van der Waals surface area contributed by atoms with Crippen molar-refractivity contribution < 1.29 is 9.53 Å². The van der Waals surface area contributed by atoms with E-state index in [-0.39, 0.29) is 6.09 Å². The topological polar surface area (TPSA) is 41.6 Å². The number of hydrogen-bond acceptors (Lipinski definition) is 3. The standard InChI is InChI=1S/C9H17N2O2/c1-3-10-9(12)13-8-6-4-5-7-11(8)2/h3-7H2,1-2H3,(H,10,12). The van der Waals surface area contributed by atoms with Gasteiger partial charge in [0.15, 0.2) is 0 Å². The van der Waals surface area contributed by atoms with Gasteiger partial charge in [0.05, 0.1) is 0 Å². The Morgan fingerprint density at radius 2 is 2.38 bits per heavy atom. The maximum Gasteiger partial charge on any atom is 0.409 e. The molecule has 1 aliphatic heterocycles. The largest absolute Gasteiger partial charge is 0.422 e. The Labute approximate surface area is 79.2 Å². The number of carbonyl (C=O) groups is 1. The van der Waals surface area contributed by atoms with E-state index >= 15 is 0 Å². The summed E-state index contributed by atoms with van der Waals surface area (Å²) in [5.41, 5.74) is 0. The van der Waals surface area contributed by atoms with Gasteiger partial charge < -0.3 is 10.1 Å². The highest BCUT2D eigenvalue weighted by Crippen LogP contribution is 2.22. The van der Waals surface area contributed by atoms with E-state index in [0.29, 0.717) is 6.54 Å². The number of nitrogens with zero attached hydrogens (tertiary/aromatic N) is 1. The third-order valence-electron chi connectivity index (χ3n) is 2.09. The van der Waals surface area contributed by atoms with Crippen LogP contribution in [0, 0.1) is 6.23 Å². The fourth-order valence-corrected chi connectivity index (χ4v) is 1.36. The molecule has 1 heterocycles. The van der Waals surface area contributed by atoms with Crippen LogP contribution in [0.5, 0.6) is 0 Å². The van der Waals surface area contributed by atoms with E-state index in [1.54, 1.807) is 0 Å². The van der Waals surface area contributed by atoms with Crippen molar-refractivity contribution in [1.82, 2.24) is 10.2 Å². The van der Waals surface area contributed by atoms with Gasteiger partial charge in [-0.3, -0.25) is 4.90 Å². The second-order valence-electron chi connectivity index (χ2n) is 3.19. The summed E-state index contributed by atoms with van der Waals surface area (Å²) in [4.78, 5) is 13.1. The number of carbonyl (C=O) groups excluding carboxylic acids is 1. The number of hydrogen-bond donors (Lipinski definition) is 1. The molecule has 0 aliphatic carbocycles. The zero-order chi connectivity index (χ0) is 9.68. The maximum atomic E-state index is 11.1. The van der Waals surface area contributed by atoms with Crippen LogP contribution in [-0.4, -0.2) is 31.1 Å². The average molecular weight is 185 g/mol. The molecule has 1 aliphatic rings. The van der Waals surface area contributed by atoms with Crippen molar-refractivity contribution in [3.63, 3.8) is 0 Å². The highest BCUT2D eigenvalue weighted by atomic mass is 16.6. The van der Waals surface area contributed by atoms with Gasteiger partial charge in [-0.15, -0.1) is 0 Å². The van der Waals surface area contributed by atoms with Crippen molar-refractivity contribution in [2.24, 2.45) is 0 Å². The normalized spacial score (nSPS) is 19.8. The van der Waals surface area contributed by atoms with Gasteiger partial charge in [0.1, 0.15) is 0 Å². The summed E-state index contributed by atoms with van der Waals surface area (Å²) >= 11 is 0.